The van der Waals surface area contributed by atoms with Crippen molar-refractivity contribution < 1.29 is 14.3 Å². The van der Waals surface area contributed by atoms with Crippen molar-refractivity contribution in [2.45, 2.75) is 45.3 Å². The van der Waals surface area contributed by atoms with E-state index in [-0.39, 0.29) is 17.6 Å². The van der Waals surface area contributed by atoms with Gasteiger partial charge in [0.2, 0.25) is 0 Å². The molecule has 0 aromatic carbocycles. The van der Waals surface area contributed by atoms with Crippen LogP contribution in [0.15, 0.2) is 0 Å². The molecule has 2 fully saturated rings. The summed E-state index contributed by atoms with van der Waals surface area (Å²) in [5.74, 6) is 0.315. The Hall–Kier alpha value is -0.410. The first kappa shape index (κ1) is 10.1. The average molecular weight is 198 g/mol. The molecule has 1 saturated carbocycles. The van der Waals surface area contributed by atoms with Gasteiger partial charge in [-0.3, -0.25) is 4.79 Å². The highest BCUT2D eigenvalue weighted by atomic mass is 16.5. The molecule has 2 atom stereocenters. The monoisotopic (exact) mass is 198 g/mol. The Morgan fingerprint density at radius 1 is 1.57 bits per heavy atom. The highest BCUT2D eigenvalue weighted by molar-refractivity contribution is 5.91. The summed E-state index contributed by atoms with van der Waals surface area (Å²) >= 11 is 0. The first-order chi connectivity index (χ1) is 6.60. The van der Waals surface area contributed by atoms with Crippen LogP contribution in [0.2, 0.25) is 0 Å². The van der Waals surface area contributed by atoms with Crippen LogP contribution in [0.5, 0.6) is 0 Å². The van der Waals surface area contributed by atoms with E-state index in [9.17, 15) is 4.79 Å². The van der Waals surface area contributed by atoms with Gasteiger partial charge in [0.1, 0.15) is 5.78 Å². The summed E-state index contributed by atoms with van der Waals surface area (Å²) in [5.41, 5.74) is -0.265. The second-order valence-corrected chi connectivity index (χ2v) is 4.81. The predicted molar refractivity (Wildman–Crippen MR) is 52.1 cm³/mol. The Bertz CT molecular complexity index is 229. The molecule has 2 unspecified atom stereocenters. The van der Waals surface area contributed by atoms with Gasteiger partial charge in [0.05, 0.1) is 24.2 Å². The molecule has 0 bridgehead atoms. The van der Waals surface area contributed by atoms with E-state index >= 15 is 0 Å². The van der Waals surface area contributed by atoms with Gasteiger partial charge in [-0.2, -0.15) is 0 Å². The lowest BCUT2D eigenvalue weighted by atomic mass is 9.68. The molecule has 1 aliphatic carbocycles. The van der Waals surface area contributed by atoms with Crippen molar-refractivity contribution in [3.63, 3.8) is 0 Å². The molecular weight excluding hydrogens is 180 g/mol. The SMILES string of the molecule is CC1(C)C(=O)CC1OCC1CCCO1. The van der Waals surface area contributed by atoms with Crippen LogP contribution in [0.25, 0.3) is 0 Å². The van der Waals surface area contributed by atoms with E-state index in [1.807, 2.05) is 13.8 Å². The maximum atomic E-state index is 11.2. The van der Waals surface area contributed by atoms with E-state index in [1.54, 1.807) is 0 Å². The van der Waals surface area contributed by atoms with Gasteiger partial charge in [0.25, 0.3) is 0 Å². The molecule has 0 aromatic heterocycles. The van der Waals surface area contributed by atoms with E-state index in [0.29, 0.717) is 18.8 Å². The van der Waals surface area contributed by atoms with E-state index in [0.717, 1.165) is 19.4 Å². The van der Waals surface area contributed by atoms with Gasteiger partial charge in [-0.15, -0.1) is 0 Å². The third-order valence-electron chi connectivity index (χ3n) is 3.40. The van der Waals surface area contributed by atoms with E-state index < -0.39 is 0 Å². The lowest BCUT2D eigenvalue weighted by Crippen LogP contribution is -2.51. The van der Waals surface area contributed by atoms with Gasteiger partial charge in [-0.05, 0) is 12.8 Å². The van der Waals surface area contributed by atoms with Crippen molar-refractivity contribution in [2.75, 3.05) is 13.2 Å². The van der Waals surface area contributed by atoms with Crippen LogP contribution < -0.4 is 0 Å². The molecule has 1 saturated heterocycles. The molecule has 0 N–H and O–H groups in total. The zero-order valence-electron chi connectivity index (χ0n) is 8.91. The number of hydrogen-bond acceptors (Lipinski definition) is 3. The summed E-state index contributed by atoms with van der Waals surface area (Å²) in [6.07, 6.45) is 3.20. The second-order valence-electron chi connectivity index (χ2n) is 4.81. The second kappa shape index (κ2) is 3.63. The fraction of sp³-hybridized carbons (Fsp3) is 0.909. The summed E-state index contributed by atoms with van der Waals surface area (Å²) in [4.78, 5) is 11.2. The molecule has 80 valence electrons. The first-order valence-corrected chi connectivity index (χ1v) is 5.37. The van der Waals surface area contributed by atoms with Crippen LogP contribution in [-0.4, -0.2) is 31.2 Å². The highest BCUT2D eigenvalue weighted by Crippen LogP contribution is 2.38. The number of ketones is 1. The van der Waals surface area contributed by atoms with Crippen LogP contribution >= 0.6 is 0 Å². The van der Waals surface area contributed by atoms with E-state index in [4.69, 9.17) is 9.47 Å². The number of hydrogen-bond donors (Lipinski definition) is 0. The van der Waals surface area contributed by atoms with Gasteiger partial charge in [0, 0.05) is 13.0 Å². The van der Waals surface area contributed by atoms with Crippen molar-refractivity contribution in [3.8, 4) is 0 Å². The molecule has 1 heterocycles. The summed E-state index contributed by atoms with van der Waals surface area (Å²) in [6.45, 7) is 5.43. The van der Waals surface area contributed by atoms with Crippen LogP contribution in [0.3, 0.4) is 0 Å². The third-order valence-corrected chi connectivity index (χ3v) is 3.40. The molecule has 1 aliphatic heterocycles. The number of ether oxygens (including phenoxy) is 2. The van der Waals surface area contributed by atoms with Crippen LogP contribution in [0.1, 0.15) is 33.1 Å². The van der Waals surface area contributed by atoms with Crippen LogP contribution in [-0.2, 0) is 14.3 Å². The molecule has 0 spiro atoms. The minimum absolute atomic E-state index is 0.110. The normalized spacial score (nSPS) is 35.7. The molecule has 3 heteroatoms. The topological polar surface area (TPSA) is 35.5 Å². The minimum Gasteiger partial charge on any atom is -0.376 e. The number of carbonyl (C=O) groups is 1. The van der Waals surface area contributed by atoms with Crippen molar-refractivity contribution in [1.29, 1.82) is 0 Å². The summed E-state index contributed by atoms with van der Waals surface area (Å²) in [5, 5.41) is 0. The van der Waals surface area contributed by atoms with E-state index in [1.165, 1.54) is 0 Å². The fourth-order valence-corrected chi connectivity index (χ4v) is 2.00. The zero-order valence-corrected chi connectivity index (χ0v) is 8.91. The molecule has 0 radical (unpaired) electrons. The fourth-order valence-electron chi connectivity index (χ4n) is 2.00. The van der Waals surface area contributed by atoms with E-state index in [2.05, 4.69) is 0 Å². The smallest absolute Gasteiger partial charge is 0.143 e. The quantitative estimate of drug-likeness (QED) is 0.690. The molecule has 0 amide bonds. The average Bonchev–Trinajstić information content (AvgIpc) is 2.64. The van der Waals surface area contributed by atoms with Crippen LogP contribution in [0, 0.1) is 5.41 Å². The van der Waals surface area contributed by atoms with Crippen molar-refractivity contribution in [3.05, 3.63) is 0 Å². The van der Waals surface area contributed by atoms with Gasteiger partial charge in [-0.1, -0.05) is 13.8 Å². The van der Waals surface area contributed by atoms with Crippen molar-refractivity contribution in [1.82, 2.24) is 0 Å². The minimum atomic E-state index is -0.265. The Morgan fingerprint density at radius 3 is 2.86 bits per heavy atom. The van der Waals surface area contributed by atoms with Gasteiger partial charge in [0.15, 0.2) is 0 Å². The Kier molecular flexibility index (Phi) is 2.62. The molecular formula is C11H18O3. The standard InChI is InChI=1S/C11H18O3/c1-11(2)9(12)6-10(11)14-7-8-4-3-5-13-8/h8,10H,3-7H2,1-2H3. The predicted octanol–water partition coefficient (Wildman–Crippen LogP) is 1.55. The summed E-state index contributed by atoms with van der Waals surface area (Å²) < 4.78 is 11.2. The van der Waals surface area contributed by atoms with Crippen molar-refractivity contribution in [2.24, 2.45) is 5.41 Å². The number of carbonyl (C=O) groups excluding carboxylic acids is 1. The largest absolute Gasteiger partial charge is 0.376 e. The Morgan fingerprint density at radius 2 is 2.36 bits per heavy atom. The van der Waals surface area contributed by atoms with Crippen LogP contribution in [0.4, 0.5) is 0 Å². The molecule has 2 rings (SSSR count). The van der Waals surface area contributed by atoms with Gasteiger partial charge < -0.3 is 9.47 Å². The molecule has 14 heavy (non-hydrogen) atoms. The maximum absolute atomic E-state index is 11.2. The molecule has 0 aromatic rings. The summed E-state index contributed by atoms with van der Waals surface area (Å²) in [6, 6.07) is 0. The van der Waals surface area contributed by atoms with Crippen molar-refractivity contribution >= 4 is 5.78 Å². The Labute approximate surface area is 84.8 Å². The number of Topliss-reactive ketones (excluding diaryl/α,β-unsaturated/α-hetero) is 1. The Balaban J connectivity index is 1.74. The summed E-state index contributed by atoms with van der Waals surface area (Å²) in [7, 11) is 0. The zero-order chi connectivity index (χ0) is 10.2. The molecule has 2 aliphatic rings. The third kappa shape index (κ3) is 1.71. The van der Waals surface area contributed by atoms with Gasteiger partial charge in [-0.25, -0.2) is 0 Å². The first-order valence-electron chi connectivity index (χ1n) is 5.37. The lowest BCUT2D eigenvalue weighted by Gasteiger charge is -2.42. The highest BCUT2D eigenvalue weighted by Gasteiger charge is 2.48. The van der Waals surface area contributed by atoms with Gasteiger partial charge >= 0.3 is 0 Å². The molecule has 3 nitrogen and oxygen atoms in total. The number of rotatable bonds is 3. The maximum Gasteiger partial charge on any atom is 0.143 e. The lowest BCUT2D eigenvalue weighted by molar-refractivity contribution is -0.162.